The fourth-order valence-electron chi connectivity index (χ4n) is 1.40. The molecule has 0 unspecified atom stereocenters. The molecular weight excluding hydrogens is 349 g/mol. The van der Waals surface area contributed by atoms with Crippen LogP contribution in [0.5, 0.6) is 0 Å². The molecule has 0 radical (unpaired) electrons. The lowest BCUT2D eigenvalue weighted by Gasteiger charge is -2.21. The van der Waals surface area contributed by atoms with Crippen molar-refractivity contribution in [2.75, 3.05) is 20.6 Å². The molecule has 0 saturated carbocycles. The monoisotopic (exact) mass is 367 g/mol. The molecule has 96 valence electrons. The predicted octanol–water partition coefficient (Wildman–Crippen LogP) is 3.14. The molecule has 0 aliphatic rings. The van der Waals surface area contributed by atoms with Gasteiger partial charge in [0, 0.05) is 18.4 Å². The lowest BCUT2D eigenvalue weighted by atomic mass is 9.92. The maximum absolute atomic E-state index is 6.17. The van der Waals surface area contributed by atoms with Crippen LogP contribution in [0.15, 0.2) is 0 Å². The lowest BCUT2D eigenvalue weighted by Crippen LogP contribution is -2.21. The van der Waals surface area contributed by atoms with Crippen molar-refractivity contribution in [2.24, 2.45) is 0 Å². The molecule has 1 aromatic heterocycles. The molecule has 3 nitrogen and oxygen atoms in total. The summed E-state index contributed by atoms with van der Waals surface area (Å²) in [5.74, 6) is 0.828. The molecule has 5 heteroatoms. The molecule has 0 bridgehead atoms. The molecule has 0 aliphatic heterocycles. The number of rotatable bonds is 3. The second kappa shape index (κ2) is 5.80. The van der Waals surface area contributed by atoms with Crippen molar-refractivity contribution in [3.8, 4) is 0 Å². The number of aromatic nitrogens is 2. The van der Waals surface area contributed by atoms with E-state index in [1.807, 2.05) is 14.1 Å². The van der Waals surface area contributed by atoms with E-state index < -0.39 is 0 Å². The molecule has 1 heterocycles. The summed E-state index contributed by atoms with van der Waals surface area (Å²) >= 11 is 8.39. The van der Waals surface area contributed by atoms with Gasteiger partial charge >= 0.3 is 0 Å². The van der Waals surface area contributed by atoms with E-state index >= 15 is 0 Å². The van der Waals surface area contributed by atoms with Crippen LogP contribution < -0.4 is 0 Å². The highest BCUT2D eigenvalue weighted by atomic mass is 127. The van der Waals surface area contributed by atoms with Crippen molar-refractivity contribution in [2.45, 2.75) is 32.6 Å². The predicted molar refractivity (Wildman–Crippen MR) is 80.7 cm³/mol. The Balaban J connectivity index is 3.07. The van der Waals surface area contributed by atoms with Crippen molar-refractivity contribution in [1.29, 1.82) is 0 Å². The van der Waals surface area contributed by atoms with Gasteiger partial charge in [-0.1, -0.05) is 32.4 Å². The normalized spacial score (nSPS) is 12.2. The van der Waals surface area contributed by atoms with Gasteiger partial charge in [0.05, 0.1) is 9.26 Å². The van der Waals surface area contributed by atoms with E-state index in [-0.39, 0.29) is 5.41 Å². The highest BCUT2D eigenvalue weighted by Crippen LogP contribution is 2.29. The van der Waals surface area contributed by atoms with Gasteiger partial charge in [0.15, 0.2) is 0 Å². The van der Waals surface area contributed by atoms with E-state index in [9.17, 15) is 0 Å². The minimum atomic E-state index is -0.00400. The highest BCUT2D eigenvalue weighted by molar-refractivity contribution is 14.1. The molecule has 0 atom stereocenters. The smallest absolute Gasteiger partial charge is 0.146 e. The SMILES string of the molecule is CN(C)CCc1nc(Cl)c(I)c(C(C)(C)C)n1. The Morgan fingerprint density at radius 2 is 1.82 bits per heavy atom. The van der Waals surface area contributed by atoms with Gasteiger partial charge < -0.3 is 4.90 Å². The molecule has 0 aromatic carbocycles. The third-order valence-electron chi connectivity index (χ3n) is 2.35. The Kier molecular flexibility index (Phi) is 5.16. The van der Waals surface area contributed by atoms with E-state index in [4.69, 9.17) is 11.6 Å². The second-order valence-electron chi connectivity index (χ2n) is 5.40. The first-order chi connectivity index (χ1) is 7.71. The highest BCUT2D eigenvalue weighted by Gasteiger charge is 2.22. The van der Waals surface area contributed by atoms with Crippen molar-refractivity contribution < 1.29 is 0 Å². The Hall–Kier alpha value is 0.0600. The number of likely N-dealkylation sites (N-methyl/N-ethyl adjacent to an activating group) is 1. The van der Waals surface area contributed by atoms with Gasteiger partial charge in [0.2, 0.25) is 0 Å². The first-order valence-electron chi connectivity index (χ1n) is 5.59. The summed E-state index contributed by atoms with van der Waals surface area (Å²) in [5, 5.41) is 0.569. The fourth-order valence-corrected chi connectivity index (χ4v) is 2.63. The summed E-state index contributed by atoms with van der Waals surface area (Å²) in [7, 11) is 4.08. The van der Waals surface area contributed by atoms with Crippen LogP contribution in [0.4, 0.5) is 0 Å². The Morgan fingerprint density at radius 1 is 1.24 bits per heavy atom. The summed E-state index contributed by atoms with van der Waals surface area (Å²) in [6.07, 6.45) is 0.826. The van der Waals surface area contributed by atoms with Gasteiger partial charge in [-0.25, -0.2) is 9.97 Å². The zero-order valence-electron chi connectivity index (χ0n) is 11.0. The minimum absolute atomic E-state index is 0.00400. The summed E-state index contributed by atoms with van der Waals surface area (Å²) in [4.78, 5) is 11.1. The fraction of sp³-hybridized carbons (Fsp3) is 0.667. The third-order valence-corrected chi connectivity index (χ3v) is 3.96. The Labute approximate surface area is 122 Å². The molecule has 0 saturated heterocycles. The van der Waals surface area contributed by atoms with Crippen LogP contribution in [0.3, 0.4) is 0 Å². The molecule has 0 spiro atoms. The first kappa shape index (κ1) is 15.1. The van der Waals surface area contributed by atoms with Crippen LogP contribution in [-0.2, 0) is 11.8 Å². The minimum Gasteiger partial charge on any atom is -0.309 e. The second-order valence-corrected chi connectivity index (χ2v) is 6.83. The summed E-state index contributed by atoms with van der Waals surface area (Å²) < 4.78 is 0.963. The van der Waals surface area contributed by atoms with Crippen LogP contribution in [0.1, 0.15) is 32.3 Å². The molecule has 0 N–H and O–H groups in total. The van der Waals surface area contributed by atoms with Crippen LogP contribution in [0.2, 0.25) is 5.15 Å². The summed E-state index contributed by atoms with van der Waals surface area (Å²) in [6, 6.07) is 0. The first-order valence-corrected chi connectivity index (χ1v) is 7.04. The molecule has 0 fully saturated rings. The Bertz CT molecular complexity index is 399. The van der Waals surface area contributed by atoms with Gasteiger partial charge in [-0.05, 0) is 36.7 Å². The zero-order chi connectivity index (χ0) is 13.2. The van der Waals surface area contributed by atoms with Crippen molar-refractivity contribution in [1.82, 2.24) is 14.9 Å². The van der Waals surface area contributed by atoms with Crippen LogP contribution in [0.25, 0.3) is 0 Å². The van der Waals surface area contributed by atoms with Gasteiger partial charge in [-0.2, -0.15) is 0 Å². The number of halogens is 2. The molecule has 0 aliphatic carbocycles. The largest absolute Gasteiger partial charge is 0.309 e. The van der Waals surface area contributed by atoms with Crippen molar-refractivity contribution >= 4 is 34.2 Å². The van der Waals surface area contributed by atoms with Gasteiger partial charge in [0.1, 0.15) is 11.0 Å². The van der Waals surface area contributed by atoms with Gasteiger partial charge in [-0.15, -0.1) is 0 Å². The summed E-state index contributed by atoms with van der Waals surface area (Å²) in [5.41, 5.74) is 1.03. The molecule has 1 aromatic rings. The van der Waals surface area contributed by atoms with E-state index in [0.717, 1.165) is 28.1 Å². The van der Waals surface area contributed by atoms with Gasteiger partial charge in [0.25, 0.3) is 0 Å². The van der Waals surface area contributed by atoms with E-state index in [2.05, 4.69) is 58.2 Å². The maximum atomic E-state index is 6.17. The standard InChI is InChI=1S/C12H19ClIN3/c1-12(2,3)10-9(14)11(13)16-8(15-10)6-7-17(4)5/h6-7H2,1-5H3. The molecule has 17 heavy (non-hydrogen) atoms. The third kappa shape index (κ3) is 4.34. The topological polar surface area (TPSA) is 29.0 Å². The maximum Gasteiger partial charge on any atom is 0.146 e. The van der Waals surface area contributed by atoms with Crippen LogP contribution >= 0.6 is 34.2 Å². The average molecular weight is 368 g/mol. The van der Waals surface area contributed by atoms with E-state index in [1.54, 1.807) is 0 Å². The zero-order valence-corrected chi connectivity index (χ0v) is 13.9. The quantitative estimate of drug-likeness (QED) is 0.607. The van der Waals surface area contributed by atoms with Gasteiger partial charge in [-0.3, -0.25) is 0 Å². The lowest BCUT2D eigenvalue weighted by molar-refractivity contribution is 0.408. The molecule has 1 rings (SSSR count). The molecule has 0 amide bonds. The van der Waals surface area contributed by atoms with Crippen LogP contribution in [-0.4, -0.2) is 35.5 Å². The Morgan fingerprint density at radius 3 is 2.29 bits per heavy atom. The molecular formula is C12H19ClIN3. The average Bonchev–Trinajstić information content (AvgIpc) is 2.17. The van der Waals surface area contributed by atoms with Crippen LogP contribution in [0, 0.1) is 3.57 Å². The van der Waals surface area contributed by atoms with Crippen molar-refractivity contribution in [3.05, 3.63) is 20.2 Å². The van der Waals surface area contributed by atoms with Crippen molar-refractivity contribution in [3.63, 3.8) is 0 Å². The van der Waals surface area contributed by atoms with E-state index in [0.29, 0.717) is 5.15 Å². The van der Waals surface area contributed by atoms with E-state index in [1.165, 1.54) is 0 Å². The summed E-state index contributed by atoms with van der Waals surface area (Å²) in [6.45, 7) is 7.36. The number of hydrogen-bond acceptors (Lipinski definition) is 3. The number of nitrogens with zero attached hydrogens (tertiary/aromatic N) is 3. The number of hydrogen-bond donors (Lipinski definition) is 0.